The maximum Gasteiger partial charge on any atom is 0.150 e. The molecule has 0 saturated carbocycles. The van der Waals surface area contributed by atoms with Crippen molar-refractivity contribution in [3.8, 4) is 0 Å². The number of benzene rings is 1. The molecule has 0 atom stereocenters. The standard InChI is InChI=1S/C8H6Cl2O/c1-5-2-7(9)8(10)3-6(5)4-11/h2-4H,1H3. The van der Waals surface area contributed by atoms with Gasteiger partial charge in [0.25, 0.3) is 0 Å². The van der Waals surface area contributed by atoms with Gasteiger partial charge in [-0.05, 0) is 24.6 Å². The second-order valence-electron chi connectivity index (χ2n) is 2.24. The smallest absolute Gasteiger partial charge is 0.150 e. The van der Waals surface area contributed by atoms with Gasteiger partial charge in [0, 0.05) is 5.56 Å². The maximum atomic E-state index is 10.4. The number of carbonyl (C=O) groups is 1. The Labute approximate surface area is 74.9 Å². The first-order chi connectivity index (χ1) is 5.15. The van der Waals surface area contributed by atoms with Crippen LogP contribution in [0, 0.1) is 6.92 Å². The highest BCUT2D eigenvalue weighted by molar-refractivity contribution is 6.42. The Morgan fingerprint density at radius 3 is 2.36 bits per heavy atom. The van der Waals surface area contributed by atoms with Crippen LogP contribution in [-0.2, 0) is 0 Å². The van der Waals surface area contributed by atoms with Crippen molar-refractivity contribution >= 4 is 29.5 Å². The highest BCUT2D eigenvalue weighted by atomic mass is 35.5. The molecule has 0 fully saturated rings. The molecule has 0 amide bonds. The fourth-order valence-electron chi connectivity index (χ4n) is 0.789. The highest BCUT2D eigenvalue weighted by Crippen LogP contribution is 2.24. The van der Waals surface area contributed by atoms with E-state index < -0.39 is 0 Å². The minimum absolute atomic E-state index is 0.416. The first-order valence-electron chi connectivity index (χ1n) is 3.06. The lowest BCUT2D eigenvalue weighted by molar-refractivity contribution is 0.112. The molecule has 0 bridgehead atoms. The van der Waals surface area contributed by atoms with Crippen LogP contribution in [0.2, 0.25) is 10.0 Å². The summed E-state index contributed by atoms with van der Waals surface area (Å²) in [5, 5.41) is 0.897. The third-order valence-electron chi connectivity index (χ3n) is 1.44. The van der Waals surface area contributed by atoms with Crippen molar-refractivity contribution in [3.05, 3.63) is 33.3 Å². The fourth-order valence-corrected chi connectivity index (χ4v) is 1.18. The predicted molar refractivity (Wildman–Crippen MR) is 46.6 cm³/mol. The molecule has 0 spiro atoms. The average Bonchev–Trinajstić information content (AvgIpc) is 1.97. The van der Waals surface area contributed by atoms with Crippen LogP contribution in [0.4, 0.5) is 0 Å². The quantitative estimate of drug-likeness (QED) is 0.620. The lowest BCUT2D eigenvalue weighted by Crippen LogP contribution is -1.85. The van der Waals surface area contributed by atoms with Crippen LogP contribution in [0.5, 0.6) is 0 Å². The fraction of sp³-hybridized carbons (Fsp3) is 0.125. The summed E-state index contributed by atoms with van der Waals surface area (Å²) in [5.41, 5.74) is 1.42. The highest BCUT2D eigenvalue weighted by Gasteiger charge is 2.02. The summed E-state index contributed by atoms with van der Waals surface area (Å²) in [4.78, 5) is 10.4. The van der Waals surface area contributed by atoms with Crippen LogP contribution < -0.4 is 0 Å². The Morgan fingerprint density at radius 2 is 1.82 bits per heavy atom. The molecule has 0 unspecified atom stereocenters. The van der Waals surface area contributed by atoms with Crippen molar-refractivity contribution < 1.29 is 4.79 Å². The minimum atomic E-state index is 0.416. The van der Waals surface area contributed by atoms with E-state index in [0.717, 1.165) is 11.8 Å². The van der Waals surface area contributed by atoms with Crippen molar-refractivity contribution in [1.29, 1.82) is 0 Å². The molecule has 0 aromatic heterocycles. The molecule has 1 aromatic carbocycles. The van der Waals surface area contributed by atoms with E-state index in [9.17, 15) is 4.79 Å². The van der Waals surface area contributed by atoms with Crippen LogP contribution >= 0.6 is 23.2 Å². The van der Waals surface area contributed by atoms with Gasteiger partial charge in [-0.2, -0.15) is 0 Å². The van der Waals surface area contributed by atoms with Gasteiger partial charge in [0.1, 0.15) is 6.29 Å². The van der Waals surface area contributed by atoms with Crippen molar-refractivity contribution in [2.24, 2.45) is 0 Å². The van der Waals surface area contributed by atoms with Gasteiger partial charge in [-0.3, -0.25) is 4.79 Å². The number of halogens is 2. The zero-order valence-corrected chi connectivity index (χ0v) is 7.41. The maximum absolute atomic E-state index is 10.4. The molecule has 0 aliphatic carbocycles. The Hall–Kier alpha value is -0.530. The molecule has 1 nitrogen and oxygen atoms in total. The molecule has 0 heterocycles. The van der Waals surface area contributed by atoms with E-state index in [0.29, 0.717) is 15.6 Å². The van der Waals surface area contributed by atoms with Gasteiger partial charge in [0.15, 0.2) is 0 Å². The van der Waals surface area contributed by atoms with E-state index in [1.807, 2.05) is 6.92 Å². The molecule has 0 radical (unpaired) electrons. The van der Waals surface area contributed by atoms with Gasteiger partial charge in [-0.15, -0.1) is 0 Å². The van der Waals surface area contributed by atoms with E-state index >= 15 is 0 Å². The summed E-state index contributed by atoms with van der Waals surface area (Å²) in [5.74, 6) is 0. The van der Waals surface area contributed by atoms with E-state index in [1.165, 1.54) is 0 Å². The molecule has 11 heavy (non-hydrogen) atoms. The summed E-state index contributed by atoms with van der Waals surface area (Å²) >= 11 is 11.4. The monoisotopic (exact) mass is 188 g/mol. The van der Waals surface area contributed by atoms with Gasteiger partial charge in [0.2, 0.25) is 0 Å². The normalized spacial score (nSPS) is 9.73. The van der Waals surface area contributed by atoms with Crippen LogP contribution in [0.15, 0.2) is 12.1 Å². The molecule has 0 aliphatic rings. The summed E-state index contributed by atoms with van der Waals surface area (Å²) < 4.78 is 0. The van der Waals surface area contributed by atoms with Gasteiger partial charge in [0.05, 0.1) is 10.0 Å². The SMILES string of the molecule is Cc1cc(Cl)c(Cl)cc1C=O. The molecular weight excluding hydrogens is 183 g/mol. The molecule has 1 aromatic rings. The molecular formula is C8H6Cl2O. The number of aryl methyl sites for hydroxylation is 1. The minimum Gasteiger partial charge on any atom is -0.298 e. The summed E-state index contributed by atoms with van der Waals surface area (Å²) in [6.07, 6.45) is 0.761. The van der Waals surface area contributed by atoms with Crippen LogP contribution in [0.25, 0.3) is 0 Å². The van der Waals surface area contributed by atoms with Gasteiger partial charge >= 0.3 is 0 Å². The van der Waals surface area contributed by atoms with Gasteiger partial charge in [-0.1, -0.05) is 23.2 Å². The van der Waals surface area contributed by atoms with Crippen molar-refractivity contribution in [2.75, 3.05) is 0 Å². The lowest BCUT2D eigenvalue weighted by Gasteiger charge is -2.00. The first kappa shape index (κ1) is 8.57. The Kier molecular flexibility index (Phi) is 2.53. The van der Waals surface area contributed by atoms with E-state index in [2.05, 4.69) is 0 Å². The first-order valence-corrected chi connectivity index (χ1v) is 3.81. The molecule has 3 heteroatoms. The molecule has 0 N–H and O–H groups in total. The topological polar surface area (TPSA) is 17.1 Å². The zero-order chi connectivity index (χ0) is 8.43. The van der Waals surface area contributed by atoms with Gasteiger partial charge < -0.3 is 0 Å². The van der Waals surface area contributed by atoms with Crippen molar-refractivity contribution in [1.82, 2.24) is 0 Å². The lowest BCUT2D eigenvalue weighted by atomic mass is 10.1. The number of hydrogen-bond acceptors (Lipinski definition) is 1. The van der Waals surface area contributed by atoms with E-state index in [-0.39, 0.29) is 0 Å². The number of rotatable bonds is 1. The summed E-state index contributed by atoms with van der Waals surface area (Å²) in [6, 6.07) is 3.24. The number of hydrogen-bond donors (Lipinski definition) is 0. The Bertz CT molecular complexity index is 294. The predicted octanol–water partition coefficient (Wildman–Crippen LogP) is 3.11. The molecule has 0 aliphatic heterocycles. The van der Waals surface area contributed by atoms with Crippen molar-refractivity contribution in [2.45, 2.75) is 6.92 Å². The summed E-state index contributed by atoms with van der Waals surface area (Å²) in [7, 11) is 0. The Balaban J connectivity index is 3.31. The number of aldehydes is 1. The Morgan fingerprint density at radius 1 is 1.27 bits per heavy atom. The third-order valence-corrected chi connectivity index (χ3v) is 2.16. The van der Waals surface area contributed by atoms with Gasteiger partial charge in [-0.25, -0.2) is 0 Å². The van der Waals surface area contributed by atoms with Crippen LogP contribution in [0.1, 0.15) is 15.9 Å². The second kappa shape index (κ2) is 3.24. The average molecular weight is 189 g/mol. The van der Waals surface area contributed by atoms with Crippen LogP contribution in [0.3, 0.4) is 0 Å². The largest absolute Gasteiger partial charge is 0.298 e. The number of carbonyl (C=O) groups excluding carboxylic acids is 1. The van der Waals surface area contributed by atoms with Crippen LogP contribution in [-0.4, -0.2) is 6.29 Å². The van der Waals surface area contributed by atoms with Crippen molar-refractivity contribution in [3.63, 3.8) is 0 Å². The molecule has 0 saturated heterocycles. The van der Waals surface area contributed by atoms with E-state index in [4.69, 9.17) is 23.2 Å². The molecule has 1 rings (SSSR count). The summed E-state index contributed by atoms with van der Waals surface area (Å²) in [6.45, 7) is 1.81. The van der Waals surface area contributed by atoms with E-state index in [1.54, 1.807) is 12.1 Å². The second-order valence-corrected chi connectivity index (χ2v) is 3.06. The third kappa shape index (κ3) is 1.73. The zero-order valence-electron chi connectivity index (χ0n) is 5.90. The molecule has 58 valence electrons.